The Balaban J connectivity index is 0.000000461. The lowest BCUT2D eigenvalue weighted by Gasteiger charge is -1.89. The van der Waals surface area contributed by atoms with Crippen LogP contribution in [-0.2, 0) is 0 Å². The van der Waals surface area contributed by atoms with Gasteiger partial charge in [0.15, 0.2) is 0 Å². The van der Waals surface area contributed by atoms with Crippen molar-refractivity contribution >= 4 is 17.8 Å². The monoisotopic (exact) mass is 173 g/mol. The summed E-state index contributed by atoms with van der Waals surface area (Å²) in [5, 5.41) is 0. The second-order valence-electron chi connectivity index (χ2n) is 1.73. The standard InChI is InChI=1S/C7H7NO.ClHO/c8-7(9)6-4-2-1-3-5-6;1-2/h1-5H,(H2,8,9);2H. The zero-order chi connectivity index (χ0) is 8.69. The highest BCUT2D eigenvalue weighted by atomic mass is 35.5. The fourth-order valence-corrected chi connectivity index (χ4v) is 0.602. The molecule has 0 atom stereocenters. The fourth-order valence-electron chi connectivity index (χ4n) is 0.602. The molecular formula is C7H8ClNO2. The van der Waals surface area contributed by atoms with Crippen LogP contribution in [0.4, 0.5) is 0 Å². The molecule has 4 heteroatoms. The molecule has 1 rings (SSSR count). The van der Waals surface area contributed by atoms with Crippen LogP contribution < -0.4 is 5.73 Å². The van der Waals surface area contributed by atoms with Crippen LogP contribution in [0.1, 0.15) is 10.4 Å². The van der Waals surface area contributed by atoms with Gasteiger partial charge in [0.1, 0.15) is 0 Å². The summed E-state index contributed by atoms with van der Waals surface area (Å²) in [5.74, 6) is -0.379. The number of carbonyl (C=O) groups excluding carboxylic acids is 1. The second-order valence-corrected chi connectivity index (χ2v) is 1.73. The Hall–Kier alpha value is -1.06. The molecule has 0 aliphatic carbocycles. The zero-order valence-corrected chi connectivity index (χ0v) is 6.45. The van der Waals surface area contributed by atoms with Gasteiger partial charge in [-0.25, -0.2) is 0 Å². The van der Waals surface area contributed by atoms with Gasteiger partial charge in [-0.1, -0.05) is 18.2 Å². The number of benzene rings is 1. The molecule has 1 aromatic carbocycles. The summed E-state index contributed by atoms with van der Waals surface area (Å²) in [6, 6.07) is 8.76. The quantitative estimate of drug-likeness (QED) is 0.663. The maximum Gasteiger partial charge on any atom is 0.248 e. The molecule has 0 aliphatic rings. The molecule has 0 saturated heterocycles. The first-order chi connectivity index (χ1) is 5.30. The van der Waals surface area contributed by atoms with Gasteiger partial charge in [0, 0.05) is 5.56 Å². The van der Waals surface area contributed by atoms with E-state index in [0.717, 1.165) is 0 Å². The number of halogens is 1. The van der Waals surface area contributed by atoms with Crippen LogP contribution in [0, 0.1) is 0 Å². The number of primary amides is 1. The van der Waals surface area contributed by atoms with E-state index < -0.39 is 0 Å². The van der Waals surface area contributed by atoms with Gasteiger partial charge in [-0.2, -0.15) is 0 Å². The SMILES string of the molecule is NC(=O)c1ccccc1.OCl. The van der Waals surface area contributed by atoms with Gasteiger partial charge in [-0.3, -0.25) is 9.45 Å². The minimum absolute atomic E-state index is 0.379. The first-order valence-corrected chi connectivity index (χ1v) is 3.16. The van der Waals surface area contributed by atoms with Crippen molar-refractivity contribution in [1.82, 2.24) is 0 Å². The van der Waals surface area contributed by atoms with Crippen LogP contribution in [0.25, 0.3) is 0 Å². The average molecular weight is 174 g/mol. The molecule has 1 aromatic rings. The number of amides is 1. The molecule has 0 aliphatic heterocycles. The number of rotatable bonds is 1. The van der Waals surface area contributed by atoms with Crippen molar-refractivity contribution in [3.05, 3.63) is 35.9 Å². The first-order valence-electron chi connectivity index (χ1n) is 2.82. The van der Waals surface area contributed by atoms with E-state index in [0.29, 0.717) is 5.56 Å². The van der Waals surface area contributed by atoms with Crippen molar-refractivity contribution in [2.45, 2.75) is 0 Å². The van der Waals surface area contributed by atoms with Gasteiger partial charge < -0.3 is 5.73 Å². The maximum atomic E-state index is 10.4. The third-order valence-corrected chi connectivity index (χ3v) is 1.06. The van der Waals surface area contributed by atoms with Gasteiger partial charge in [0.2, 0.25) is 5.91 Å². The van der Waals surface area contributed by atoms with E-state index in [-0.39, 0.29) is 5.91 Å². The second kappa shape index (κ2) is 5.70. The van der Waals surface area contributed by atoms with E-state index in [9.17, 15) is 4.79 Å². The molecular weight excluding hydrogens is 166 g/mol. The van der Waals surface area contributed by atoms with E-state index in [1.165, 1.54) is 0 Å². The normalized spacial score (nSPS) is 7.82. The third kappa shape index (κ3) is 3.60. The largest absolute Gasteiger partial charge is 0.366 e. The van der Waals surface area contributed by atoms with Gasteiger partial charge in [0.05, 0.1) is 11.9 Å². The Kier molecular flexibility index (Phi) is 5.15. The summed E-state index contributed by atoms with van der Waals surface area (Å²) >= 11 is 3.64. The molecule has 3 nitrogen and oxygen atoms in total. The van der Waals surface area contributed by atoms with Crippen LogP contribution in [0.15, 0.2) is 30.3 Å². The van der Waals surface area contributed by atoms with Crippen LogP contribution >= 0.6 is 11.9 Å². The van der Waals surface area contributed by atoms with Crippen LogP contribution in [-0.4, -0.2) is 10.6 Å². The smallest absolute Gasteiger partial charge is 0.248 e. The summed E-state index contributed by atoms with van der Waals surface area (Å²) in [7, 11) is 0. The van der Waals surface area contributed by atoms with Crippen LogP contribution in [0.3, 0.4) is 0 Å². The molecule has 1 amide bonds. The van der Waals surface area contributed by atoms with Gasteiger partial charge >= 0.3 is 0 Å². The topological polar surface area (TPSA) is 63.3 Å². The van der Waals surface area contributed by atoms with Crippen molar-refractivity contribution < 1.29 is 9.45 Å². The first kappa shape index (κ1) is 9.94. The third-order valence-electron chi connectivity index (χ3n) is 1.06. The summed E-state index contributed by atoms with van der Waals surface area (Å²) in [4.78, 5) is 10.4. The number of carbonyl (C=O) groups is 1. The highest BCUT2D eigenvalue weighted by Crippen LogP contribution is 1.94. The van der Waals surface area contributed by atoms with Crippen LogP contribution in [0.5, 0.6) is 0 Å². The zero-order valence-electron chi connectivity index (χ0n) is 5.70. The predicted octanol–water partition coefficient (Wildman–Crippen LogP) is 0.918. The van der Waals surface area contributed by atoms with Gasteiger partial charge in [0.25, 0.3) is 0 Å². The van der Waals surface area contributed by atoms with Gasteiger partial charge in [-0.05, 0) is 12.1 Å². The predicted molar refractivity (Wildman–Crippen MR) is 43.0 cm³/mol. The molecule has 0 unspecified atom stereocenters. The molecule has 3 N–H and O–H groups in total. The minimum atomic E-state index is -0.379. The molecule has 0 spiro atoms. The molecule has 60 valence electrons. The Morgan fingerprint density at radius 3 is 2.00 bits per heavy atom. The van der Waals surface area contributed by atoms with Gasteiger partial charge in [-0.15, -0.1) is 0 Å². The lowest BCUT2D eigenvalue weighted by atomic mass is 10.2. The summed E-state index contributed by atoms with van der Waals surface area (Å²) in [5.41, 5.74) is 5.53. The summed E-state index contributed by atoms with van der Waals surface area (Å²) < 4.78 is 6.47. The van der Waals surface area contributed by atoms with Crippen LogP contribution in [0.2, 0.25) is 0 Å². The Morgan fingerprint density at radius 2 is 1.73 bits per heavy atom. The average Bonchev–Trinajstić information content (AvgIpc) is 2.10. The Bertz CT molecular complexity index is 213. The molecule has 11 heavy (non-hydrogen) atoms. The van der Waals surface area contributed by atoms with Crippen molar-refractivity contribution in [3.8, 4) is 0 Å². The number of hydrogen-bond donors (Lipinski definition) is 2. The molecule has 0 saturated carbocycles. The van der Waals surface area contributed by atoms with Crippen molar-refractivity contribution in [3.63, 3.8) is 0 Å². The summed E-state index contributed by atoms with van der Waals surface area (Å²) in [6.07, 6.45) is 0. The molecule has 0 aromatic heterocycles. The summed E-state index contributed by atoms with van der Waals surface area (Å²) in [6.45, 7) is 0. The van der Waals surface area contributed by atoms with Crippen molar-refractivity contribution in [1.29, 1.82) is 0 Å². The van der Waals surface area contributed by atoms with E-state index >= 15 is 0 Å². The Labute approximate surface area is 69.6 Å². The fraction of sp³-hybridized carbons (Fsp3) is 0. The van der Waals surface area contributed by atoms with Crippen molar-refractivity contribution in [2.75, 3.05) is 0 Å². The van der Waals surface area contributed by atoms with E-state index in [1.54, 1.807) is 24.3 Å². The van der Waals surface area contributed by atoms with E-state index in [4.69, 9.17) is 10.4 Å². The highest BCUT2D eigenvalue weighted by Gasteiger charge is 1.93. The number of nitrogens with two attached hydrogens (primary N) is 1. The van der Waals surface area contributed by atoms with E-state index in [1.807, 2.05) is 6.07 Å². The minimum Gasteiger partial charge on any atom is -0.366 e. The Morgan fingerprint density at radius 1 is 1.27 bits per heavy atom. The molecule has 0 bridgehead atoms. The number of hydrogen-bond acceptors (Lipinski definition) is 2. The highest BCUT2D eigenvalue weighted by molar-refractivity contribution is 6.04. The van der Waals surface area contributed by atoms with Crippen molar-refractivity contribution in [2.24, 2.45) is 5.73 Å². The lowest BCUT2D eigenvalue weighted by molar-refractivity contribution is 0.100. The van der Waals surface area contributed by atoms with E-state index in [2.05, 4.69) is 11.9 Å². The lowest BCUT2D eigenvalue weighted by Crippen LogP contribution is -2.09. The molecule has 0 fully saturated rings. The molecule has 0 heterocycles. The maximum absolute atomic E-state index is 10.4. The molecule has 0 radical (unpaired) electrons.